The highest BCUT2D eigenvalue weighted by molar-refractivity contribution is 7.97. The highest BCUT2D eigenvalue weighted by Crippen LogP contribution is 2.16. The molecule has 0 amide bonds. The fourth-order valence-electron chi connectivity index (χ4n) is 0.725. The van der Waals surface area contributed by atoms with E-state index in [-0.39, 0.29) is 0 Å². The van der Waals surface area contributed by atoms with Crippen LogP contribution in [0.2, 0.25) is 0 Å². The lowest BCUT2D eigenvalue weighted by Gasteiger charge is -2.14. The molecule has 1 unspecified atom stereocenters. The summed E-state index contributed by atoms with van der Waals surface area (Å²) >= 11 is 1.48. The highest BCUT2D eigenvalue weighted by atomic mass is 32.2. The van der Waals surface area contributed by atoms with Gasteiger partial charge in [-0.25, -0.2) is 0 Å². The molecule has 0 aliphatic rings. The normalized spacial score (nSPS) is 14.6. The maximum Gasteiger partial charge on any atom is 0.0211 e. The average Bonchev–Trinajstić information content (AvgIpc) is 1.69. The summed E-state index contributed by atoms with van der Waals surface area (Å²) in [7, 11) is 0. The molecule has 0 aromatic carbocycles. The summed E-state index contributed by atoms with van der Waals surface area (Å²) in [5.41, 5.74) is 0. The fraction of sp³-hybridized carbons (Fsp3) is 1.00. The van der Waals surface area contributed by atoms with Gasteiger partial charge in [0.2, 0.25) is 0 Å². The topological polar surface area (TPSA) is 26.0 Å². The minimum Gasteiger partial charge on any atom is -0.278 e. The molecule has 0 aromatic heterocycles. The van der Waals surface area contributed by atoms with Gasteiger partial charge in [0, 0.05) is 5.25 Å². The van der Waals surface area contributed by atoms with Gasteiger partial charge >= 0.3 is 0 Å². The molecule has 0 radical (unpaired) electrons. The Kier molecular flexibility index (Phi) is 4.38. The largest absolute Gasteiger partial charge is 0.278 e. The molecule has 50 valence electrons. The predicted octanol–water partition coefficient (Wildman–Crippen LogP) is 2.03. The van der Waals surface area contributed by atoms with E-state index in [4.69, 9.17) is 5.14 Å². The van der Waals surface area contributed by atoms with E-state index in [1.807, 2.05) is 0 Å². The van der Waals surface area contributed by atoms with Crippen LogP contribution in [0.1, 0.15) is 27.2 Å². The van der Waals surface area contributed by atoms with Gasteiger partial charge < -0.3 is 0 Å². The van der Waals surface area contributed by atoms with Crippen LogP contribution in [0.15, 0.2) is 0 Å². The molecule has 0 saturated heterocycles. The minimum atomic E-state index is 0.648. The van der Waals surface area contributed by atoms with Crippen LogP contribution in [0.5, 0.6) is 0 Å². The van der Waals surface area contributed by atoms with E-state index < -0.39 is 0 Å². The molecule has 0 bridgehead atoms. The molecule has 0 aliphatic carbocycles. The Morgan fingerprint density at radius 3 is 2.00 bits per heavy atom. The van der Waals surface area contributed by atoms with E-state index in [1.54, 1.807) is 0 Å². The van der Waals surface area contributed by atoms with Gasteiger partial charge in [-0.2, -0.15) is 0 Å². The Balaban J connectivity index is 3.35. The van der Waals surface area contributed by atoms with Crippen molar-refractivity contribution in [3.8, 4) is 0 Å². The SMILES string of the molecule is CCC(SN)C(C)C. The summed E-state index contributed by atoms with van der Waals surface area (Å²) in [6.07, 6.45) is 1.18. The summed E-state index contributed by atoms with van der Waals surface area (Å²) in [5, 5.41) is 6.05. The number of hydrogen-bond acceptors (Lipinski definition) is 2. The average molecular weight is 133 g/mol. The van der Waals surface area contributed by atoms with Gasteiger partial charge in [-0.15, -0.1) is 0 Å². The first kappa shape index (κ1) is 8.31. The van der Waals surface area contributed by atoms with Gasteiger partial charge in [-0.3, -0.25) is 5.14 Å². The fourth-order valence-corrected chi connectivity index (χ4v) is 1.23. The molecule has 2 N–H and O–H groups in total. The molecule has 0 rings (SSSR count). The Bertz CT molecular complexity index is 50.5. The number of nitrogens with two attached hydrogens (primary N) is 1. The highest BCUT2D eigenvalue weighted by Gasteiger charge is 2.07. The quantitative estimate of drug-likeness (QED) is 0.596. The second kappa shape index (κ2) is 4.21. The van der Waals surface area contributed by atoms with Gasteiger partial charge in [0.05, 0.1) is 0 Å². The Labute approximate surface area is 56.2 Å². The van der Waals surface area contributed by atoms with Gasteiger partial charge in [-0.1, -0.05) is 32.7 Å². The van der Waals surface area contributed by atoms with Crippen LogP contribution >= 0.6 is 11.9 Å². The lowest BCUT2D eigenvalue weighted by Crippen LogP contribution is -2.11. The summed E-state index contributed by atoms with van der Waals surface area (Å²) < 4.78 is 0. The van der Waals surface area contributed by atoms with Crippen LogP contribution in [0.25, 0.3) is 0 Å². The number of rotatable bonds is 3. The lowest BCUT2D eigenvalue weighted by molar-refractivity contribution is 0.594. The predicted molar refractivity (Wildman–Crippen MR) is 40.7 cm³/mol. The Hall–Kier alpha value is 0.310. The van der Waals surface area contributed by atoms with E-state index in [9.17, 15) is 0 Å². The minimum absolute atomic E-state index is 0.648. The Morgan fingerprint density at radius 1 is 1.50 bits per heavy atom. The van der Waals surface area contributed by atoms with Crippen molar-refractivity contribution >= 4 is 11.9 Å². The molecule has 2 heteroatoms. The van der Waals surface area contributed by atoms with Crippen LogP contribution in [-0.4, -0.2) is 5.25 Å². The first-order valence-corrected chi connectivity index (χ1v) is 4.02. The molecule has 0 spiro atoms. The van der Waals surface area contributed by atoms with Crippen molar-refractivity contribution in [2.24, 2.45) is 11.1 Å². The van der Waals surface area contributed by atoms with E-state index in [0.29, 0.717) is 5.25 Å². The van der Waals surface area contributed by atoms with Crippen molar-refractivity contribution in [1.82, 2.24) is 0 Å². The molecule has 1 nitrogen and oxygen atoms in total. The summed E-state index contributed by atoms with van der Waals surface area (Å²) in [6, 6.07) is 0. The molecule has 0 aromatic rings. The van der Waals surface area contributed by atoms with Crippen molar-refractivity contribution in [3.63, 3.8) is 0 Å². The maximum absolute atomic E-state index is 5.40. The lowest BCUT2D eigenvalue weighted by atomic mass is 10.1. The third-order valence-corrected chi connectivity index (χ3v) is 2.55. The smallest absolute Gasteiger partial charge is 0.0211 e. The molecular formula is C6H15NS. The molecular weight excluding hydrogens is 118 g/mol. The van der Waals surface area contributed by atoms with Gasteiger partial charge in [-0.05, 0) is 12.3 Å². The number of hydrogen-bond donors (Lipinski definition) is 1. The summed E-state index contributed by atoms with van der Waals surface area (Å²) in [6.45, 7) is 6.58. The van der Waals surface area contributed by atoms with Crippen molar-refractivity contribution in [2.75, 3.05) is 0 Å². The molecule has 1 atom stereocenters. The van der Waals surface area contributed by atoms with Crippen molar-refractivity contribution in [1.29, 1.82) is 0 Å². The summed E-state index contributed by atoms with van der Waals surface area (Å²) in [5.74, 6) is 0.718. The van der Waals surface area contributed by atoms with Crippen molar-refractivity contribution < 1.29 is 0 Å². The molecule has 8 heavy (non-hydrogen) atoms. The van der Waals surface area contributed by atoms with Crippen molar-refractivity contribution in [3.05, 3.63) is 0 Å². The molecule has 0 aliphatic heterocycles. The van der Waals surface area contributed by atoms with Crippen LogP contribution in [-0.2, 0) is 0 Å². The second-order valence-electron chi connectivity index (χ2n) is 2.33. The van der Waals surface area contributed by atoms with E-state index in [1.165, 1.54) is 18.4 Å². The van der Waals surface area contributed by atoms with Crippen LogP contribution in [0.3, 0.4) is 0 Å². The third kappa shape index (κ3) is 2.58. The first-order chi connectivity index (χ1) is 3.72. The third-order valence-electron chi connectivity index (χ3n) is 1.32. The summed E-state index contributed by atoms with van der Waals surface area (Å²) in [4.78, 5) is 0. The van der Waals surface area contributed by atoms with Crippen molar-refractivity contribution in [2.45, 2.75) is 32.4 Å². The van der Waals surface area contributed by atoms with Crippen LogP contribution < -0.4 is 5.14 Å². The van der Waals surface area contributed by atoms with Crippen LogP contribution in [0.4, 0.5) is 0 Å². The zero-order valence-corrected chi connectivity index (χ0v) is 6.66. The zero-order valence-electron chi connectivity index (χ0n) is 5.85. The van der Waals surface area contributed by atoms with Gasteiger partial charge in [0.25, 0.3) is 0 Å². The zero-order chi connectivity index (χ0) is 6.57. The first-order valence-electron chi connectivity index (χ1n) is 3.07. The van der Waals surface area contributed by atoms with Crippen LogP contribution in [0, 0.1) is 5.92 Å². The second-order valence-corrected chi connectivity index (χ2v) is 3.20. The van der Waals surface area contributed by atoms with E-state index in [0.717, 1.165) is 5.92 Å². The molecule has 0 heterocycles. The molecule has 0 fully saturated rings. The Morgan fingerprint density at radius 2 is 2.00 bits per heavy atom. The van der Waals surface area contributed by atoms with Gasteiger partial charge in [0.15, 0.2) is 0 Å². The standard InChI is InChI=1S/C6H15NS/c1-4-6(8-7)5(2)3/h5-6H,4,7H2,1-3H3. The van der Waals surface area contributed by atoms with Gasteiger partial charge in [0.1, 0.15) is 0 Å². The van der Waals surface area contributed by atoms with E-state index >= 15 is 0 Å². The molecule has 0 saturated carbocycles. The maximum atomic E-state index is 5.40. The van der Waals surface area contributed by atoms with E-state index in [2.05, 4.69) is 20.8 Å². The monoisotopic (exact) mass is 133 g/mol.